The summed E-state index contributed by atoms with van der Waals surface area (Å²) in [5, 5.41) is 5.46. The first-order chi connectivity index (χ1) is 15.5. The van der Waals surface area contributed by atoms with Crippen molar-refractivity contribution in [1.29, 1.82) is 0 Å². The van der Waals surface area contributed by atoms with Gasteiger partial charge in [0.2, 0.25) is 0 Å². The highest BCUT2D eigenvalue weighted by Crippen LogP contribution is 2.18. The van der Waals surface area contributed by atoms with Gasteiger partial charge < -0.3 is 20.1 Å². The molecule has 1 aromatic heterocycles. The standard InChI is InChI=1S/C24H23N3O5/c1-3-31-24(30)20-12-13-21(25-16(20)2)23(29)27-18-10-7-11-19(14-18)32-15-22(28)26-17-8-5-4-6-9-17/h4-14H,3,15H2,1-2H3,(H,26,28)(H,27,29). The van der Waals surface area contributed by atoms with Crippen LogP contribution in [0.1, 0.15) is 33.5 Å². The molecule has 32 heavy (non-hydrogen) atoms. The number of aryl methyl sites for hydroxylation is 1. The van der Waals surface area contributed by atoms with Crippen LogP contribution in [0.2, 0.25) is 0 Å². The summed E-state index contributed by atoms with van der Waals surface area (Å²) in [5.41, 5.74) is 2.03. The predicted octanol–water partition coefficient (Wildman–Crippen LogP) is 3.84. The minimum absolute atomic E-state index is 0.157. The van der Waals surface area contributed by atoms with E-state index in [-0.39, 0.29) is 24.8 Å². The zero-order chi connectivity index (χ0) is 22.9. The number of nitrogens with zero attached hydrogens (tertiary/aromatic N) is 1. The van der Waals surface area contributed by atoms with Gasteiger partial charge in [-0.15, -0.1) is 0 Å². The number of pyridine rings is 1. The molecule has 0 atom stereocenters. The average Bonchev–Trinajstić information content (AvgIpc) is 2.78. The number of benzene rings is 2. The molecule has 3 aromatic rings. The van der Waals surface area contributed by atoms with E-state index in [2.05, 4.69) is 15.6 Å². The van der Waals surface area contributed by atoms with E-state index >= 15 is 0 Å². The SMILES string of the molecule is CCOC(=O)c1ccc(C(=O)Nc2cccc(OCC(=O)Nc3ccccc3)c2)nc1C. The zero-order valence-corrected chi connectivity index (χ0v) is 17.8. The van der Waals surface area contributed by atoms with Crippen molar-refractivity contribution in [1.82, 2.24) is 4.98 Å². The van der Waals surface area contributed by atoms with Gasteiger partial charge in [-0.25, -0.2) is 9.78 Å². The van der Waals surface area contributed by atoms with Crippen LogP contribution >= 0.6 is 0 Å². The van der Waals surface area contributed by atoms with Crippen LogP contribution in [0.25, 0.3) is 0 Å². The van der Waals surface area contributed by atoms with Gasteiger partial charge in [0, 0.05) is 17.4 Å². The number of esters is 1. The fraction of sp³-hybridized carbons (Fsp3) is 0.167. The van der Waals surface area contributed by atoms with E-state index in [1.807, 2.05) is 18.2 Å². The third kappa shape index (κ3) is 6.15. The third-order valence-corrected chi connectivity index (χ3v) is 4.33. The van der Waals surface area contributed by atoms with Gasteiger partial charge in [-0.1, -0.05) is 24.3 Å². The van der Waals surface area contributed by atoms with Crippen molar-refractivity contribution >= 4 is 29.2 Å². The third-order valence-electron chi connectivity index (χ3n) is 4.33. The van der Waals surface area contributed by atoms with E-state index in [1.165, 1.54) is 12.1 Å². The summed E-state index contributed by atoms with van der Waals surface area (Å²) >= 11 is 0. The van der Waals surface area contributed by atoms with Crippen LogP contribution in [0.4, 0.5) is 11.4 Å². The molecule has 0 bridgehead atoms. The van der Waals surface area contributed by atoms with Crippen LogP contribution in [-0.4, -0.2) is 36.0 Å². The van der Waals surface area contributed by atoms with Gasteiger partial charge in [0.15, 0.2) is 6.61 Å². The lowest BCUT2D eigenvalue weighted by atomic mass is 10.2. The molecule has 2 N–H and O–H groups in total. The minimum Gasteiger partial charge on any atom is -0.484 e. The van der Waals surface area contributed by atoms with E-state index < -0.39 is 11.9 Å². The Labute approximate surface area is 185 Å². The van der Waals surface area contributed by atoms with Crippen molar-refractivity contribution in [3.63, 3.8) is 0 Å². The molecule has 0 saturated carbocycles. The summed E-state index contributed by atoms with van der Waals surface area (Å²) in [4.78, 5) is 40.7. The number of rotatable bonds is 8. The lowest BCUT2D eigenvalue weighted by Gasteiger charge is -2.10. The molecule has 2 aromatic carbocycles. The second-order valence-electron chi connectivity index (χ2n) is 6.73. The maximum absolute atomic E-state index is 12.6. The van der Waals surface area contributed by atoms with Crippen LogP contribution in [0, 0.1) is 6.92 Å². The molecular formula is C24H23N3O5. The Morgan fingerprint density at radius 1 is 0.906 bits per heavy atom. The zero-order valence-electron chi connectivity index (χ0n) is 17.8. The molecule has 2 amide bonds. The summed E-state index contributed by atoms with van der Waals surface area (Å²) in [6.45, 7) is 3.43. The first kappa shape index (κ1) is 22.5. The summed E-state index contributed by atoms with van der Waals surface area (Å²) in [7, 11) is 0. The average molecular weight is 433 g/mol. The van der Waals surface area contributed by atoms with Crippen LogP contribution < -0.4 is 15.4 Å². The van der Waals surface area contributed by atoms with Crippen LogP contribution in [-0.2, 0) is 9.53 Å². The molecule has 0 radical (unpaired) electrons. The van der Waals surface area contributed by atoms with Crippen molar-refractivity contribution in [3.05, 3.63) is 83.7 Å². The summed E-state index contributed by atoms with van der Waals surface area (Å²) in [6, 6.07) is 18.7. The molecule has 0 aliphatic rings. The molecule has 8 nitrogen and oxygen atoms in total. The number of nitrogens with one attached hydrogen (secondary N) is 2. The second-order valence-corrected chi connectivity index (χ2v) is 6.73. The van der Waals surface area contributed by atoms with E-state index in [4.69, 9.17) is 9.47 Å². The molecular weight excluding hydrogens is 410 g/mol. The molecule has 0 aliphatic carbocycles. The highest BCUT2D eigenvalue weighted by Gasteiger charge is 2.15. The van der Waals surface area contributed by atoms with Crippen molar-refractivity contribution < 1.29 is 23.9 Å². The monoisotopic (exact) mass is 433 g/mol. The van der Waals surface area contributed by atoms with Gasteiger partial charge in [-0.2, -0.15) is 0 Å². The topological polar surface area (TPSA) is 107 Å². The van der Waals surface area contributed by atoms with E-state index in [9.17, 15) is 14.4 Å². The highest BCUT2D eigenvalue weighted by atomic mass is 16.5. The van der Waals surface area contributed by atoms with Gasteiger partial charge in [0.25, 0.3) is 11.8 Å². The number of anilines is 2. The molecule has 1 heterocycles. The lowest BCUT2D eigenvalue weighted by Crippen LogP contribution is -2.20. The molecule has 8 heteroatoms. The summed E-state index contributed by atoms with van der Waals surface area (Å²) in [5.74, 6) is -0.798. The summed E-state index contributed by atoms with van der Waals surface area (Å²) < 4.78 is 10.5. The first-order valence-electron chi connectivity index (χ1n) is 10.00. The lowest BCUT2D eigenvalue weighted by molar-refractivity contribution is -0.118. The molecule has 0 unspecified atom stereocenters. The first-order valence-corrected chi connectivity index (χ1v) is 10.00. The number of carbonyl (C=O) groups excluding carboxylic acids is 3. The fourth-order valence-corrected chi connectivity index (χ4v) is 2.84. The quantitative estimate of drug-likeness (QED) is 0.523. The molecule has 0 saturated heterocycles. The molecule has 3 rings (SSSR count). The van der Waals surface area contributed by atoms with Crippen molar-refractivity contribution in [2.75, 3.05) is 23.8 Å². The van der Waals surface area contributed by atoms with E-state index in [0.717, 1.165) is 0 Å². The van der Waals surface area contributed by atoms with E-state index in [0.29, 0.717) is 28.4 Å². The van der Waals surface area contributed by atoms with Gasteiger partial charge in [0.1, 0.15) is 11.4 Å². The molecule has 0 fully saturated rings. The normalized spacial score (nSPS) is 10.2. The van der Waals surface area contributed by atoms with Crippen molar-refractivity contribution in [2.45, 2.75) is 13.8 Å². The molecule has 164 valence electrons. The second kappa shape index (κ2) is 10.7. The fourth-order valence-electron chi connectivity index (χ4n) is 2.84. The Morgan fingerprint density at radius 3 is 2.38 bits per heavy atom. The van der Waals surface area contributed by atoms with E-state index in [1.54, 1.807) is 50.2 Å². The number of para-hydroxylation sites is 1. The molecule has 0 aliphatic heterocycles. The smallest absolute Gasteiger partial charge is 0.339 e. The van der Waals surface area contributed by atoms with Gasteiger partial charge >= 0.3 is 5.97 Å². The van der Waals surface area contributed by atoms with Crippen LogP contribution in [0.3, 0.4) is 0 Å². The Kier molecular flexibility index (Phi) is 7.53. The van der Waals surface area contributed by atoms with Gasteiger partial charge in [-0.05, 0) is 50.2 Å². The number of aromatic nitrogens is 1. The number of amides is 2. The number of carbonyl (C=O) groups is 3. The van der Waals surface area contributed by atoms with Crippen molar-refractivity contribution in [2.24, 2.45) is 0 Å². The van der Waals surface area contributed by atoms with Crippen molar-refractivity contribution in [3.8, 4) is 5.75 Å². The maximum atomic E-state index is 12.6. The highest BCUT2D eigenvalue weighted by molar-refractivity contribution is 6.03. The van der Waals surface area contributed by atoms with Gasteiger partial charge in [-0.3, -0.25) is 9.59 Å². The Bertz CT molecular complexity index is 1120. The Balaban J connectivity index is 1.59. The largest absolute Gasteiger partial charge is 0.484 e. The Morgan fingerprint density at radius 2 is 1.66 bits per heavy atom. The number of ether oxygens (including phenoxy) is 2. The predicted molar refractivity (Wildman–Crippen MR) is 120 cm³/mol. The number of hydrogen-bond donors (Lipinski definition) is 2. The minimum atomic E-state index is -0.481. The maximum Gasteiger partial charge on any atom is 0.339 e. The number of hydrogen-bond acceptors (Lipinski definition) is 6. The van der Waals surface area contributed by atoms with Crippen LogP contribution in [0.5, 0.6) is 5.75 Å². The van der Waals surface area contributed by atoms with Gasteiger partial charge in [0.05, 0.1) is 17.9 Å². The van der Waals surface area contributed by atoms with Crippen LogP contribution in [0.15, 0.2) is 66.7 Å². The molecule has 0 spiro atoms. The Hall–Kier alpha value is -4.20. The summed E-state index contributed by atoms with van der Waals surface area (Å²) in [6.07, 6.45) is 0.